The highest BCUT2D eigenvalue weighted by molar-refractivity contribution is 5.86. The van der Waals surface area contributed by atoms with Gasteiger partial charge >= 0.3 is 6.09 Å². The van der Waals surface area contributed by atoms with E-state index in [0.717, 1.165) is 6.42 Å². The molecule has 0 saturated carbocycles. The van der Waals surface area contributed by atoms with E-state index < -0.39 is 17.7 Å². The van der Waals surface area contributed by atoms with Crippen molar-refractivity contribution in [2.45, 2.75) is 64.8 Å². The number of rotatable bonds is 4. The molecule has 0 aliphatic carbocycles. The fraction of sp³-hybridized carbons (Fsp3) is 0.688. The predicted octanol–water partition coefficient (Wildman–Crippen LogP) is 1.79. The summed E-state index contributed by atoms with van der Waals surface area (Å²) in [6.45, 7) is 8.61. The van der Waals surface area contributed by atoms with Gasteiger partial charge in [-0.1, -0.05) is 0 Å². The minimum Gasteiger partial charge on any atom is -0.444 e. The van der Waals surface area contributed by atoms with Gasteiger partial charge in [0.1, 0.15) is 11.6 Å². The molecule has 2 amide bonds. The van der Waals surface area contributed by atoms with Crippen molar-refractivity contribution in [2.75, 3.05) is 6.54 Å². The number of amides is 2. The zero-order chi connectivity index (χ0) is 17.0. The fourth-order valence-corrected chi connectivity index (χ4v) is 2.67. The summed E-state index contributed by atoms with van der Waals surface area (Å²) in [5.41, 5.74) is -0.560. The van der Waals surface area contributed by atoms with Crippen LogP contribution in [-0.2, 0) is 16.1 Å². The van der Waals surface area contributed by atoms with Crippen molar-refractivity contribution in [3.8, 4) is 0 Å². The Bertz CT molecular complexity index is 536. The molecular formula is C16H26N4O3. The van der Waals surface area contributed by atoms with Gasteiger partial charge in [-0.2, -0.15) is 0 Å². The van der Waals surface area contributed by atoms with Crippen molar-refractivity contribution in [1.82, 2.24) is 19.8 Å². The van der Waals surface area contributed by atoms with Crippen LogP contribution in [0.25, 0.3) is 0 Å². The average molecular weight is 322 g/mol. The van der Waals surface area contributed by atoms with E-state index in [-0.39, 0.29) is 11.9 Å². The zero-order valence-corrected chi connectivity index (χ0v) is 14.3. The topological polar surface area (TPSA) is 76.5 Å². The number of hydrogen-bond donors (Lipinski definition) is 1. The maximum Gasteiger partial charge on any atom is 0.410 e. The molecule has 1 fully saturated rings. The van der Waals surface area contributed by atoms with Crippen LogP contribution >= 0.6 is 0 Å². The normalized spacial score (nSPS) is 19.5. The van der Waals surface area contributed by atoms with Crippen molar-refractivity contribution < 1.29 is 14.3 Å². The molecule has 2 rings (SSSR count). The Kier molecular flexibility index (Phi) is 5.28. The first-order chi connectivity index (χ1) is 10.8. The minimum atomic E-state index is -0.560. The number of nitrogens with one attached hydrogen (secondary N) is 1. The lowest BCUT2D eigenvalue weighted by Gasteiger charge is -2.28. The van der Waals surface area contributed by atoms with E-state index in [9.17, 15) is 9.59 Å². The maximum atomic E-state index is 12.5. The second kappa shape index (κ2) is 7.02. The van der Waals surface area contributed by atoms with Crippen LogP contribution in [0.4, 0.5) is 4.79 Å². The molecule has 1 aromatic rings. The highest BCUT2D eigenvalue weighted by atomic mass is 16.6. The Balaban J connectivity index is 1.91. The van der Waals surface area contributed by atoms with E-state index in [1.54, 1.807) is 12.5 Å². The summed E-state index contributed by atoms with van der Waals surface area (Å²) < 4.78 is 7.29. The largest absolute Gasteiger partial charge is 0.444 e. The number of nitrogens with zero attached hydrogens (tertiary/aromatic N) is 3. The Morgan fingerprint density at radius 2 is 2.17 bits per heavy atom. The first-order valence-electron chi connectivity index (χ1n) is 8.02. The lowest BCUT2D eigenvalue weighted by Crippen LogP contribution is -2.50. The van der Waals surface area contributed by atoms with Gasteiger partial charge in [0, 0.05) is 31.5 Å². The summed E-state index contributed by atoms with van der Waals surface area (Å²) in [7, 11) is 0. The van der Waals surface area contributed by atoms with Crippen LogP contribution in [-0.4, -0.2) is 50.7 Å². The van der Waals surface area contributed by atoms with Crippen LogP contribution in [0.3, 0.4) is 0 Å². The number of imidazole rings is 1. The third-order valence-electron chi connectivity index (χ3n) is 3.62. The third kappa shape index (κ3) is 4.97. The van der Waals surface area contributed by atoms with Crippen molar-refractivity contribution in [3.63, 3.8) is 0 Å². The van der Waals surface area contributed by atoms with Crippen LogP contribution in [0.5, 0.6) is 0 Å². The van der Waals surface area contributed by atoms with Gasteiger partial charge in [-0.25, -0.2) is 9.78 Å². The number of hydrogen-bond acceptors (Lipinski definition) is 4. The Morgan fingerprint density at radius 3 is 2.78 bits per heavy atom. The first kappa shape index (κ1) is 17.3. The Labute approximate surface area is 137 Å². The molecule has 2 heterocycles. The second-order valence-corrected chi connectivity index (χ2v) is 7.00. The first-order valence-corrected chi connectivity index (χ1v) is 8.02. The van der Waals surface area contributed by atoms with Crippen LogP contribution in [0.1, 0.15) is 40.5 Å². The molecule has 0 aromatic carbocycles. The van der Waals surface area contributed by atoms with E-state index in [1.165, 1.54) is 4.90 Å². The Hall–Kier alpha value is -2.05. The Morgan fingerprint density at radius 1 is 1.43 bits per heavy atom. The van der Waals surface area contributed by atoms with Gasteiger partial charge < -0.3 is 14.6 Å². The molecule has 1 aromatic heterocycles. The molecule has 0 bridgehead atoms. The van der Waals surface area contributed by atoms with Gasteiger partial charge in [-0.05, 0) is 40.5 Å². The fourth-order valence-electron chi connectivity index (χ4n) is 2.67. The van der Waals surface area contributed by atoms with Crippen molar-refractivity contribution >= 4 is 12.0 Å². The van der Waals surface area contributed by atoms with Gasteiger partial charge in [0.25, 0.3) is 0 Å². The summed E-state index contributed by atoms with van der Waals surface area (Å²) in [5, 5.41) is 2.97. The molecule has 7 heteroatoms. The van der Waals surface area contributed by atoms with Gasteiger partial charge in [-0.3, -0.25) is 9.69 Å². The van der Waals surface area contributed by atoms with Crippen molar-refractivity contribution in [1.29, 1.82) is 0 Å². The van der Waals surface area contributed by atoms with E-state index in [1.807, 2.05) is 38.5 Å². The van der Waals surface area contributed by atoms with Crippen LogP contribution < -0.4 is 5.32 Å². The van der Waals surface area contributed by atoms with Gasteiger partial charge in [0.2, 0.25) is 5.91 Å². The highest BCUT2D eigenvalue weighted by Gasteiger charge is 2.36. The predicted molar refractivity (Wildman–Crippen MR) is 85.8 cm³/mol. The van der Waals surface area contributed by atoms with E-state index in [0.29, 0.717) is 19.5 Å². The van der Waals surface area contributed by atoms with Crippen molar-refractivity contribution in [2.24, 2.45) is 0 Å². The molecule has 1 saturated heterocycles. The summed E-state index contributed by atoms with van der Waals surface area (Å²) >= 11 is 0. The van der Waals surface area contributed by atoms with Crippen LogP contribution in [0, 0.1) is 0 Å². The molecule has 128 valence electrons. The molecule has 0 unspecified atom stereocenters. The number of aromatic nitrogens is 2. The standard InChI is InChI=1S/C16H26N4O3/c1-12(10-19-9-7-17-11-19)18-14(21)13-6-5-8-20(13)15(22)23-16(2,3)4/h7,9,11-13H,5-6,8,10H2,1-4H3,(H,18,21)/t12-,13-/m0/s1. The summed E-state index contributed by atoms with van der Waals surface area (Å²) in [4.78, 5) is 30.2. The van der Waals surface area contributed by atoms with E-state index >= 15 is 0 Å². The number of carbonyl (C=O) groups excluding carboxylic acids is 2. The van der Waals surface area contributed by atoms with Gasteiger partial charge in [0.15, 0.2) is 0 Å². The molecule has 1 aliphatic rings. The van der Waals surface area contributed by atoms with Gasteiger partial charge in [0.05, 0.1) is 6.33 Å². The molecule has 0 radical (unpaired) electrons. The maximum absolute atomic E-state index is 12.5. The highest BCUT2D eigenvalue weighted by Crippen LogP contribution is 2.21. The van der Waals surface area contributed by atoms with Crippen LogP contribution in [0.2, 0.25) is 0 Å². The third-order valence-corrected chi connectivity index (χ3v) is 3.62. The molecule has 23 heavy (non-hydrogen) atoms. The number of ether oxygens (including phenoxy) is 1. The number of carbonyl (C=O) groups is 2. The molecule has 0 spiro atoms. The van der Waals surface area contributed by atoms with Crippen LogP contribution in [0.15, 0.2) is 18.7 Å². The smallest absolute Gasteiger partial charge is 0.410 e. The molecule has 1 aliphatic heterocycles. The monoisotopic (exact) mass is 322 g/mol. The average Bonchev–Trinajstić information content (AvgIpc) is 3.06. The zero-order valence-electron chi connectivity index (χ0n) is 14.3. The molecule has 7 nitrogen and oxygen atoms in total. The summed E-state index contributed by atoms with van der Waals surface area (Å²) in [6, 6.07) is -0.493. The van der Waals surface area contributed by atoms with Crippen molar-refractivity contribution in [3.05, 3.63) is 18.7 Å². The number of likely N-dealkylation sites (tertiary alicyclic amines) is 1. The second-order valence-electron chi connectivity index (χ2n) is 7.00. The molecule has 1 N–H and O–H groups in total. The molecule has 2 atom stereocenters. The minimum absolute atomic E-state index is 0.0437. The molecular weight excluding hydrogens is 296 g/mol. The van der Waals surface area contributed by atoms with E-state index in [2.05, 4.69) is 10.3 Å². The quantitative estimate of drug-likeness (QED) is 0.917. The lowest BCUT2D eigenvalue weighted by atomic mass is 10.2. The summed E-state index contributed by atoms with van der Waals surface area (Å²) in [6.07, 6.45) is 6.33. The van der Waals surface area contributed by atoms with E-state index in [4.69, 9.17) is 4.74 Å². The summed E-state index contributed by atoms with van der Waals surface area (Å²) in [5.74, 6) is -0.124. The van der Waals surface area contributed by atoms with Gasteiger partial charge in [-0.15, -0.1) is 0 Å². The SMILES string of the molecule is C[C@@H](Cn1ccnc1)NC(=O)[C@@H]1CCCN1C(=O)OC(C)(C)C. The lowest BCUT2D eigenvalue weighted by molar-refractivity contribution is -0.126.